The number of hydrogen-bond acceptors (Lipinski definition) is 5. The number of hydrogen-bond donors (Lipinski definition) is 1. The number of methoxy groups -OCH3 is 1. The third-order valence-corrected chi connectivity index (χ3v) is 6.67. The van der Waals surface area contributed by atoms with Crippen LogP contribution >= 0.6 is 47.0 Å². The molecule has 0 spiro atoms. The Hall–Kier alpha value is -3.10. The average Bonchev–Trinajstić information content (AvgIpc) is 2.81. The first-order valence-electron chi connectivity index (χ1n) is 11.0. The fourth-order valence-corrected chi connectivity index (χ4v) is 4.91. The summed E-state index contributed by atoms with van der Waals surface area (Å²) >= 11 is 24.0. The topological polar surface area (TPSA) is 67.9 Å². The van der Waals surface area contributed by atoms with Gasteiger partial charge in [-0.25, -0.2) is 0 Å². The van der Waals surface area contributed by atoms with E-state index < -0.39 is 11.8 Å². The van der Waals surface area contributed by atoms with E-state index in [9.17, 15) is 9.59 Å². The van der Waals surface area contributed by atoms with E-state index in [0.717, 1.165) is 11.1 Å². The maximum Gasteiger partial charge on any atom is 0.270 e. The van der Waals surface area contributed by atoms with Crippen LogP contribution in [0.25, 0.3) is 6.08 Å². The van der Waals surface area contributed by atoms with E-state index in [0.29, 0.717) is 32.6 Å². The van der Waals surface area contributed by atoms with Crippen molar-refractivity contribution in [2.45, 2.75) is 20.5 Å². The van der Waals surface area contributed by atoms with Gasteiger partial charge < -0.3 is 9.47 Å². The highest BCUT2D eigenvalue weighted by molar-refractivity contribution is 7.80. The summed E-state index contributed by atoms with van der Waals surface area (Å²) in [4.78, 5) is 27.4. The van der Waals surface area contributed by atoms with E-state index in [2.05, 4.69) is 5.32 Å². The molecule has 1 N–H and O–H groups in total. The zero-order valence-electron chi connectivity index (χ0n) is 20.0. The van der Waals surface area contributed by atoms with Crippen LogP contribution in [0.4, 0.5) is 5.69 Å². The molecule has 190 valence electrons. The molecule has 1 heterocycles. The average molecular weight is 576 g/mol. The van der Waals surface area contributed by atoms with Gasteiger partial charge in [-0.2, -0.15) is 0 Å². The molecule has 37 heavy (non-hydrogen) atoms. The zero-order valence-corrected chi connectivity index (χ0v) is 23.1. The lowest BCUT2D eigenvalue weighted by Gasteiger charge is -2.29. The summed E-state index contributed by atoms with van der Waals surface area (Å²) in [5.74, 6) is -0.556. The largest absolute Gasteiger partial charge is 0.493 e. The molecule has 3 aromatic rings. The molecule has 1 aliphatic heterocycles. The molecule has 3 aromatic carbocycles. The zero-order chi connectivity index (χ0) is 26.9. The highest BCUT2D eigenvalue weighted by atomic mass is 35.5. The second kappa shape index (κ2) is 11.1. The number of nitrogens with one attached hydrogen (secondary N) is 1. The van der Waals surface area contributed by atoms with E-state index in [1.54, 1.807) is 30.3 Å². The first-order valence-corrected chi connectivity index (χ1v) is 12.6. The molecule has 6 nitrogen and oxygen atoms in total. The molecule has 10 heteroatoms. The lowest BCUT2D eigenvalue weighted by atomic mass is 10.1. The Balaban J connectivity index is 1.65. The third kappa shape index (κ3) is 5.91. The number of ether oxygens (including phenoxy) is 2. The van der Waals surface area contributed by atoms with Gasteiger partial charge >= 0.3 is 0 Å². The van der Waals surface area contributed by atoms with E-state index in [1.807, 2.05) is 32.0 Å². The van der Waals surface area contributed by atoms with Gasteiger partial charge in [0.1, 0.15) is 12.2 Å². The van der Waals surface area contributed by atoms with Gasteiger partial charge in [0.15, 0.2) is 16.6 Å². The molecule has 2 amide bonds. The van der Waals surface area contributed by atoms with Crippen LogP contribution in [0.5, 0.6) is 11.5 Å². The number of nitrogens with zero attached hydrogens (tertiary/aromatic N) is 1. The van der Waals surface area contributed by atoms with Crippen LogP contribution in [-0.4, -0.2) is 24.0 Å². The number of benzene rings is 3. The molecule has 0 unspecified atom stereocenters. The fraction of sp³-hybridized carbons (Fsp3) is 0.148. The van der Waals surface area contributed by atoms with Crippen LogP contribution in [-0.2, 0) is 16.2 Å². The van der Waals surface area contributed by atoms with Crippen molar-refractivity contribution in [1.29, 1.82) is 0 Å². The van der Waals surface area contributed by atoms with Gasteiger partial charge in [0.25, 0.3) is 11.8 Å². The molecule has 0 saturated carbocycles. The number of rotatable bonds is 6. The lowest BCUT2D eigenvalue weighted by Crippen LogP contribution is -2.54. The summed E-state index contributed by atoms with van der Waals surface area (Å²) in [7, 11) is 1.46. The molecule has 0 aliphatic carbocycles. The smallest absolute Gasteiger partial charge is 0.270 e. The summed E-state index contributed by atoms with van der Waals surface area (Å²) in [6, 6.07) is 13.9. The van der Waals surface area contributed by atoms with E-state index >= 15 is 0 Å². The predicted molar refractivity (Wildman–Crippen MR) is 151 cm³/mol. The van der Waals surface area contributed by atoms with Crippen molar-refractivity contribution >= 4 is 75.7 Å². The molecule has 1 aliphatic rings. The van der Waals surface area contributed by atoms with Crippen molar-refractivity contribution < 1.29 is 19.1 Å². The Bertz CT molecular complexity index is 1450. The third-order valence-electron chi connectivity index (χ3n) is 5.52. The minimum absolute atomic E-state index is 0.0115. The molecular weight excluding hydrogens is 555 g/mol. The second-order valence-electron chi connectivity index (χ2n) is 8.36. The molecule has 1 fully saturated rings. The predicted octanol–water partition coefficient (Wildman–Crippen LogP) is 6.68. The highest BCUT2D eigenvalue weighted by Gasteiger charge is 2.34. The number of anilines is 1. The van der Waals surface area contributed by atoms with Crippen LogP contribution in [0.1, 0.15) is 22.3 Å². The molecular formula is C27H21Cl3N2O4S. The minimum atomic E-state index is -0.608. The van der Waals surface area contributed by atoms with Crippen molar-refractivity contribution in [2.24, 2.45) is 0 Å². The van der Waals surface area contributed by atoms with E-state index in [-0.39, 0.29) is 28.1 Å². The van der Waals surface area contributed by atoms with Gasteiger partial charge in [0, 0.05) is 15.6 Å². The van der Waals surface area contributed by atoms with Crippen molar-refractivity contribution in [3.63, 3.8) is 0 Å². The maximum atomic E-state index is 13.4. The summed E-state index contributed by atoms with van der Waals surface area (Å²) in [5.41, 5.74) is 3.55. The summed E-state index contributed by atoms with van der Waals surface area (Å²) < 4.78 is 11.4. The highest BCUT2D eigenvalue weighted by Crippen LogP contribution is 2.38. The lowest BCUT2D eigenvalue weighted by molar-refractivity contribution is -0.122. The Morgan fingerprint density at radius 1 is 0.973 bits per heavy atom. The van der Waals surface area contributed by atoms with Gasteiger partial charge in [0.2, 0.25) is 0 Å². The standard InChI is InChI=1S/C27H21Cl3N2O4S/c1-14-6-15(2)8-19(7-14)32-26(34)20(25(33)31-27(32)37)9-16-10-22(30)24(23(11-16)35-3)36-13-17-4-5-18(28)12-21(17)29/h4-12H,13H2,1-3H3,(H,31,33,37)/b20-9+. The quantitative estimate of drug-likeness (QED) is 0.202. The van der Waals surface area contributed by atoms with Crippen LogP contribution < -0.4 is 19.7 Å². The van der Waals surface area contributed by atoms with Gasteiger partial charge in [-0.1, -0.05) is 46.9 Å². The Morgan fingerprint density at radius 3 is 2.32 bits per heavy atom. The number of amides is 2. The Kier molecular flexibility index (Phi) is 8.09. The van der Waals surface area contributed by atoms with E-state index in [4.69, 9.17) is 56.5 Å². The SMILES string of the molecule is COc1cc(/C=C2\C(=O)NC(=S)N(c3cc(C)cc(C)c3)C2=O)cc(Cl)c1OCc1ccc(Cl)cc1Cl. The molecule has 0 radical (unpaired) electrons. The monoisotopic (exact) mass is 574 g/mol. The van der Waals surface area contributed by atoms with Crippen molar-refractivity contribution in [3.8, 4) is 11.5 Å². The summed E-state index contributed by atoms with van der Waals surface area (Å²) in [6.07, 6.45) is 1.43. The first-order chi connectivity index (χ1) is 17.6. The maximum absolute atomic E-state index is 13.4. The van der Waals surface area contributed by atoms with Gasteiger partial charge in [-0.15, -0.1) is 0 Å². The van der Waals surface area contributed by atoms with Crippen LogP contribution in [0.15, 0.2) is 54.1 Å². The normalized spacial score (nSPS) is 14.7. The van der Waals surface area contributed by atoms with Gasteiger partial charge in [-0.05, 0) is 85.2 Å². The van der Waals surface area contributed by atoms with Crippen LogP contribution in [0.2, 0.25) is 15.1 Å². The van der Waals surface area contributed by atoms with Crippen molar-refractivity contribution in [1.82, 2.24) is 5.32 Å². The molecule has 1 saturated heterocycles. The number of aryl methyl sites for hydroxylation is 2. The number of thiocarbonyl (C=S) groups is 1. The Morgan fingerprint density at radius 2 is 1.68 bits per heavy atom. The molecule has 0 bridgehead atoms. The number of carbonyl (C=O) groups excluding carboxylic acids is 2. The van der Waals surface area contributed by atoms with Crippen LogP contribution in [0, 0.1) is 13.8 Å². The first kappa shape index (κ1) is 26.9. The number of carbonyl (C=O) groups is 2. The Labute approximate surface area is 234 Å². The summed E-state index contributed by atoms with van der Waals surface area (Å²) in [5, 5.41) is 3.79. The fourth-order valence-electron chi connectivity index (χ4n) is 3.89. The summed E-state index contributed by atoms with van der Waals surface area (Å²) in [6.45, 7) is 3.96. The second-order valence-corrected chi connectivity index (χ2v) is 10.00. The van der Waals surface area contributed by atoms with E-state index in [1.165, 1.54) is 18.1 Å². The van der Waals surface area contributed by atoms with Gasteiger partial charge in [0.05, 0.1) is 17.8 Å². The van der Waals surface area contributed by atoms with Crippen molar-refractivity contribution in [2.75, 3.05) is 12.0 Å². The minimum Gasteiger partial charge on any atom is -0.493 e. The molecule has 0 atom stereocenters. The van der Waals surface area contributed by atoms with Crippen LogP contribution in [0.3, 0.4) is 0 Å². The molecule has 4 rings (SSSR count). The van der Waals surface area contributed by atoms with Crippen molar-refractivity contribution in [3.05, 3.63) is 91.4 Å². The van der Waals surface area contributed by atoms with Gasteiger partial charge in [-0.3, -0.25) is 19.8 Å². The molecule has 0 aromatic heterocycles. The number of halogens is 3.